The van der Waals surface area contributed by atoms with Gasteiger partial charge in [-0.15, -0.1) is 0 Å². The average molecular weight is 454 g/mol. The molecular weight excluding hydrogens is 440 g/mol. The van der Waals surface area contributed by atoms with Crippen molar-refractivity contribution in [1.29, 1.82) is 0 Å². The molecule has 3 rings (SSSR count). The lowest BCUT2D eigenvalue weighted by Gasteiger charge is -2.35. The monoisotopic (exact) mass is 454 g/mol. The summed E-state index contributed by atoms with van der Waals surface area (Å²) in [6.07, 6.45) is -0.258. The topological polar surface area (TPSA) is 24.7 Å². The fourth-order valence-corrected chi connectivity index (χ4v) is 3.12. The fourth-order valence-electron chi connectivity index (χ4n) is 2.72. The number of alkyl halides is 3. The van der Waals surface area contributed by atoms with Gasteiger partial charge in [0.15, 0.2) is 0 Å². The molecule has 0 saturated heterocycles. The van der Waals surface area contributed by atoms with Gasteiger partial charge in [-0.05, 0) is 52.8 Å². The minimum absolute atomic E-state index is 0.110. The Hall–Kier alpha value is -1.96. The molecule has 0 aliphatic heterocycles. The van der Waals surface area contributed by atoms with Crippen LogP contribution in [0.25, 0.3) is 0 Å². The summed E-state index contributed by atoms with van der Waals surface area (Å²) in [5.41, 5.74) is -1.17. The normalized spacial score (nSPS) is 20.7. The maximum atomic E-state index is 14.0. The second-order valence-electron chi connectivity index (χ2n) is 5.65. The zero-order valence-electron chi connectivity index (χ0n) is 13.0. The molecule has 2 aromatic rings. The molecule has 128 valence electrons. The van der Waals surface area contributed by atoms with Crippen LogP contribution in [0.5, 0.6) is 0 Å². The maximum Gasteiger partial charge on any atom is 0.402 e. The summed E-state index contributed by atoms with van der Waals surface area (Å²) in [6, 6.07) is 15.2. The summed E-state index contributed by atoms with van der Waals surface area (Å²) in [4.78, 5) is 0. The van der Waals surface area contributed by atoms with Crippen molar-refractivity contribution < 1.29 is 13.2 Å². The predicted octanol–water partition coefficient (Wildman–Crippen LogP) is 7.18. The first kappa shape index (κ1) is 17.8. The Kier molecular flexibility index (Phi) is 5.08. The molecule has 0 heterocycles. The molecule has 1 aliphatic rings. The second kappa shape index (κ2) is 7.11. The van der Waals surface area contributed by atoms with Crippen molar-refractivity contribution in [2.24, 2.45) is 10.2 Å². The smallest absolute Gasteiger partial charge is 0.170 e. The van der Waals surface area contributed by atoms with Gasteiger partial charge in [0.2, 0.25) is 0 Å². The summed E-state index contributed by atoms with van der Waals surface area (Å²) < 4.78 is 42.8. The lowest BCUT2D eigenvalue weighted by molar-refractivity contribution is -0.175. The Bertz CT molecular complexity index is 841. The van der Waals surface area contributed by atoms with Gasteiger partial charge in [0.05, 0.1) is 11.4 Å². The molecule has 1 atom stereocenters. The van der Waals surface area contributed by atoms with Gasteiger partial charge in [-0.1, -0.05) is 54.6 Å². The Morgan fingerprint density at radius 2 is 1.60 bits per heavy atom. The van der Waals surface area contributed by atoms with Crippen LogP contribution in [-0.4, -0.2) is 6.18 Å². The van der Waals surface area contributed by atoms with Crippen LogP contribution in [0.3, 0.4) is 0 Å². The zero-order valence-corrected chi connectivity index (χ0v) is 15.2. The highest BCUT2D eigenvalue weighted by Gasteiger charge is 2.55. The highest BCUT2D eigenvalue weighted by molar-refractivity contribution is 14.1. The number of hydrogen-bond donors (Lipinski definition) is 0. The van der Waals surface area contributed by atoms with Crippen LogP contribution < -0.4 is 0 Å². The van der Waals surface area contributed by atoms with E-state index in [1.165, 1.54) is 18.2 Å². The molecule has 6 heteroatoms. The van der Waals surface area contributed by atoms with E-state index in [-0.39, 0.29) is 17.7 Å². The van der Waals surface area contributed by atoms with E-state index in [1.807, 2.05) is 28.7 Å². The van der Waals surface area contributed by atoms with Gasteiger partial charge in [-0.25, -0.2) is 0 Å². The third-order valence-corrected chi connectivity index (χ3v) is 4.87. The van der Waals surface area contributed by atoms with Gasteiger partial charge in [-0.2, -0.15) is 23.4 Å². The highest BCUT2D eigenvalue weighted by atomic mass is 127. The van der Waals surface area contributed by atoms with Crippen LogP contribution in [0.1, 0.15) is 12.0 Å². The molecule has 0 fully saturated rings. The molecule has 0 saturated carbocycles. The Morgan fingerprint density at radius 3 is 2.24 bits per heavy atom. The number of benzene rings is 2. The van der Waals surface area contributed by atoms with E-state index >= 15 is 0 Å². The Balaban J connectivity index is 2.07. The van der Waals surface area contributed by atoms with Crippen LogP contribution in [0, 0.1) is 0 Å². The third-order valence-electron chi connectivity index (χ3n) is 4.07. The van der Waals surface area contributed by atoms with Crippen molar-refractivity contribution in [3.63, 3.8) is 0 Å². The van der Waals surface area contributed by atoms with E-state index in [0.29, 0.717) is 5.69 Å². The summed E-state index contributed by atoms with van der Waals surface area (Å²) in [7, 11) is 0. The van der Waals surface area contributed by atoms with Crippen molar-refractivity contribution >= 4 is 34.0 Å². The summed E-state index contributed by atoms with van der Waals surface area (Å²) >= 11 is 2.02. The van der Waals surface area contributed by atoms with Gasteiger partial charge in [-0.3, -0.25) is 0 Å². The van der Waals surface area contributed by atoms with E-state index in [9.17, 15) is 13.2 Å². The summed E-state index contributed by atoms with van der Waals surface area (Å²) in [5, 5.41) is 8.17. The number of allylic oxidation sites excluding steroid dienone is 4. The molecule has 0 radical (unpaired) electrons. The van der Waals surface area contributed by atoms with Gasteiger partial charge in [0.1, 0.15) is 5.41 Å². The summed E-state index contributed by atoms with van der Waals surface area (Å²) in [5.74, 6) is 0. The lowest BCUT2D eigenvalue weighted by atomic mass is 9.74. The maximum absolute atomic E-state index is 14.0. The zero-order chi connectivity index (χ0) is 17.9. The first-order valence-electron chi connectivity index (χ1n) is 7.60. The molecule has 0 N–H and O–H groups in total. The fraction of sp³-hybridized carbons (Fsp3) is 0.158. The lowest BCUT2D eigenvalue weighted by Crippen LogP contribution is -2.41. The molecule has 0 bridgehead atoms. The number of rotatable bonds is 3. The van der Waals surface area contributed by atoms with Crippen molar-refractivity contribution in [2.45, 2.75) is 18.0 Å². The number of hydrogen-bond acceptors (Lipinski definition) is 2. The predicted molar refractivity (Wildman–Crippen MR) is 101 cm³/mol. The largest absolute Gasteiger partial charge is 0.402 e. The molecule has 2 aromatic carbocycles. The number of halogens is 4. The van der Waals surface area contributed by atoms with Crippen molar-refractivity contribution in [3.8, 4) is 0 Å². The van der Waals surface area contributed by atoms with Crippen molar-refractivity contribution in [1.82, 2.24) is 0 Å². The van der Waals surface area contributed by atoms with Crippen molar-refractivity contribution in [3.05, 3.63) is 82.0 Å². The van der Waals surface area contributed by atoms with E-state index in [4.69, 9.17) is 0 Å². The van der Waals surface area contributed by atoms with Crippen LogP contribution >= 0.6 is 22.6 Å². The van der Waals surface area contributed by atoms with E-state index in [2.05, 4.69) is 10.2 Å². The standard InChI is InChI=1S/C19H14F3IN2/c20-19(21,22)18(12-10-14(23)11-13-18)16-8-4-5-9-17(16)25-24-15-6-2-1-3-7-15/h1-12H,13H2. The molecule has 2 nitrogen and oxygen atoms in total. The van der Waals surface area contributed by atoms with Crippen LogP contribution in [0.15, 0.2) is 86.6 Å². The minimum atomic E-state index is -4.43. The van der Waals surface area contributed by atoms with Gasteiger partial charge in [0.25, 0.3) is 0 Å². The van der Waals surface area contributed by atoms with Gasteiger partial charge >= 0.3 is 6.18 Å². The first-order chi connectivity index (χ1) is 11.9. The molecule has 1 aliphatic carbocycles. The number of nitrogens with zero attached hydrogens (tertiary/aromatic N) is 2. The molecule has 0 aromatic heterocycles. The van der Waals surface area contributed by atoms with E-state index in [0.717, 1.165) is 3.58 Å². The average Bonchev–Trinajstić information content (AvgIpc) is 2.61. The van der Waals surface area contributed by atoms with E-state index in [1.54, 1.807) is 48.5 Å². The number of azo groups is 1. The highest BCUT2D eigenvalue weighted by Crippen LogP contribution is 2.50. The quantitative estimate of drug-likeness (QED) is 0.347. The third kappa shape index (κ3) is 3.68. The minimum Gasteiger partial charge on any atom is -0.170 e. The Morgan fingerprint density at radius 1 is 0.920 bits per heavy atom. The molecule has 1 unspecified atom stereocenters. The van der Waals surface area contributed by atoms with Gasteiger partial charge in [0, 0.05) is 3.58 Å². The van der Waals surface area contributed by atoms with Crippen molar-refractivity contribution in [2.75, 3.05) is 0 Å². The SMILES string of the molecule is FC(F)(F)C1(c2ccccc2N=Nc2ccccc2)C=CC(I)=CC1. The Labute approximate surface area is 157 Å². The first-order valence-corrected chi connectivity index (χ1v) is 8.68. The van der Waals surface area contributed by atoms with Gasteiger partial charge < -0.3 is 0 Å². The van der Waals surface area contributed by atoms with Crippen LogP contribution in [0.4, 0.5) is 24.5 Å². The molecule has 0 amide bonds. The van der Waals surface area contributed by atoms with Crippen LogP contribution in [-0.2, 0) is 5.41 Å². The van der Waals surface area contributed by atoms with Crippen LogP contribution in [0.2, 0.25) is 0 Å². The molecule has 0 spiro atoms. The molecular formula is C19H14F3IN2. The second-order valence-corrected chi connectivity index (χ2v) is 6.89. The summed E-state index contributed by atoms with van der Waals surface area (Å²) in [6.45, 7) is 0. The molecule has 25 heavy (non-hydrogen) atoms. The van der Waals surface area contributed by atoms with E-state index < -0.39 is 11.6 Å².